The van der Waals surface area contributed by atoms with E-state index >= 15 is 0 Å². The molecule has 1 atom stereocenters. The first-order valence-electron chi connectivity index (χ1n) is 11.0. The molecule has 3 aromatic carbocycles. The zero-order chi connectivity index (χ0) is 25.4. The van der Waals surface area contributed by atoms with Gasteiger partial charge in [-0.05, 0) is 48.4 Å². The van der Waals surface area contributed by atoms with Crippen LogP contribution in [0.1, 0.15) is 33.4 Å². The maximum Gasteiger partial charge on any atom is 0.335 e. The van der Waals surface area contributed by atoms with E-state index in [1.54, 1.807) is 6.07 Å². The smallest absolute Gasteiger partial charge is 0.335 e. The third-order valence-corrected chi connectivity index (χ3v) is 6.29. The van der Waals surface area contributed by atoms with Crippen molar-refractivity contribution in [1.29, 1.82) is 0 Å². The Balaban J connectivity index is 1.62. The highest BCUT2D eigenvalue weighted by molar-refractivity contribution is 6.31. The fourth-order valence-corrected chi connectivity index (χ4v) is 4.38. The van der Waals surface area contributed by atoms with Gasteiger partial charge in [-0.3, -0.25) is 0 Å². The van der Waals surface area contributed by atoms with Gasteiger partial charge in [0, 0.05) is 6.07 Å². The van der Waals surface area contributed by atoms with E-state index in [-0.39, 0.29) is 21.7 Å². The van der Waals surface area contributed by atoms with E-state index in [0.717, 1.165) is 23.9 Å². The lowest BCUT2D eigenvalue weighted by Crippen LogP contribution is -2.34. The summed E-state index contributed by atoms with van der Waals surface area (Å²) in [5, 5.41) is 22.3. The standard InChI is InChI=1S/C27H18ClF2N3O3/c28-19-8-9-20(29)24(25(19)30)17-7-11-23(33(36)14-17)18(12-15-4-2-1-3-5-15)26-31-21-10-6-16(27(34)35)13-22(21)32-26/h1-11,13-14,18H,12H2,(H,31,32)(H,34,35)/t18-/m1/s1. The van der Waals surface area contributed by atoms with Crippen molar-refractivity contribution < 1.29 is 23.4 Å². The zero-order valence-corrected chi connectivity index (χ0v) is 19.3. The van der Waals surface area contributed by atoms with Gasteiger partial charge in [-0.15, -0.1) is 0 Å². The van der Waals surface area contributed by atoms with Gasteiger partial charge in [0.25, 0.3) is 0 Å². The minimum atomic E-state index is -1.07. The van der Waals surface area contributed by atoms with Gasteiger partial charge in [-0.2, -0.15) is 4.73 Å². The molecule has 0 radical (unpaired) electrons. The van der Waals surface area contributed by atoms with Crippen molar-refractivity contribution in [3.05, 3.63) is 124 Å². The number of fused-ring (bicyclic) bond motifs is 1. The molecular weight excluding hydrogens is 488 g/mol. The number of nitrogens with one attached hydrogen (secondary N) is 1. The van der Waals surface area contributed by atoms with Crippen LogP contribution in [0, 0.1) is 16.8 Å². The number of halogens is 3. The summed E-state index contributed by atoms with van der Waals surface area (Å²) in [7, 11) is 0. The van der Waals surface area contributed by atoms with Crippen LogP contribution in [-0.4, -0.2) is 21.0 Å². The molecule has 0 bridgehead atoms. The molecule has 5 aromatic rings. The van der Waals surface area contributed by atoms with Crippen LogP contribution in [-0.2, 0) is 6.42 Å². The fraction of sp³-hybridized carbons (Fsp3) is 0.0741. The third kappa shape index (κ3) is 4.38. The van der Waals surface area contributed by atoms with Crippen molar-refractivity contribution in [3.63, 3.8) is 0 Å². The maximum absolute atomic E-state index is 14.6. The number of carboxylic acid groups (broad SMARTS) is 1. The quantitative estimate of drug-likeness (QED) is 0.171. The molecule has 0 amide bonds. The monoisotopic (exact) mass is 505 g/mol. The van der Waals surface area contributed by atoms with E-state index in [9.17, 15) is 23.9 Å². The van der Waals surface area contributed by atoms with Gasteiger partial charge in [0.1, 0.15) is 17.6 Å². The Hall–Kier alpha value is -4.30. The summed E-state index contributed by atoms with van der Waals surface area (Å²) < 4.78 is 29.5. The minimum absolute atomic E-state index is 0.0421. The minimum Gasteiger partial charge on any atom is -0.618 e. The predicted octanol–water partition coefficient (Wildman–Crippen LogP) is 5.87. The van der Waals surface area contributed by atoms with Crippen LogP contribution in [0.3, 0.4) is 0 Å². The topological polar surface area (TPSA) is 92.9 Å². The first kappa shape index (κ1) is 23.4. The van der Waals surface area contributed by atoms with Crippen molar-refractivity contribution in [2.45, 2.75) is 12.3 Å². The zero-order valence-electron chi connectivity index (χ0n) is 18.6. The Morgan fingerprint density at radius 3 is 2.58 bits per heavy atom. The average molecular weight is 506 g/mol. The van der Waals surface area contributed by atoms with Crippen LogP contribution >= 0.6 is 11.6 Å². The maximum atomic E-state index is 14.6. The molecule has 0 fully saturated rings. The number of aromatic amines is 1. The Morgan fingerprint density at radius 1 is 1.08 bits per heavy atom. The molecular formula is C27H18ClF2N3O3. The SMILES string of the molecule is O=C(O)c1ccc2nc([C@H](Cc3ccccc3)c3ccc(-c4c(F)ccc(Cl)c4F)c[n+]3[O-])[nH]c2c1. The molecule has 2 N–H and O–H groups in total. The number of imidazole rings is 1. The number of nitrogens with zero attached hydrogens (tertiary/aromatic N) is 2. The van der Waals surface area contributed by atoms with Crippen molar-refractivity contribution in [2.24, 2.45) is 0 Å². The van der Waals surface area contributed by atoms with Crippen LogP contribution in [0.15, 0.2) is 79.0 Å². The molecule has 6 nitrogen and oxygen atoms in total. The second kappa shape index (κ2) is 9.39. The van der Waals surface area contributed by atoms with Crippen molar-refractivity contribution in [3.8, 4) is 11.1 Å². The molecule has 2 heterocycles. The summed E-state index contributed by atoms with van der Waals surface area (Å²) in [5.41, 5.74) is 2.05. The number of benzene rings is 3. The first-order valence-corrected chi connectivity index (χ1v) is 11.3. The number of carbonyl (C=O) groups is 1. The molecule has 180 valence electrons. The van der Waals surface area contributed by atoms with Gasteiger partial charge < -0.3 is 15.3 Å². The molecule has 36 heavy (non-hydrogen) atoms. The number of hydrogen-bond donors (Lipinski definition) is 2. The molecule has 9 heteroatoms. The van der Waals surface area contributed by atoms with Crippen molar-refractivity contribution in [2.75, 3.05) is 0 Å². The number of carboxylic acids is 1. The Morgan fingerprint density at radius 2 is 1.86 bits per heavy atom. The van der Waals surface area contributed by atoms with Gasteiger partial charge in [0.05, 0.1) is 32.7 Å². The summed E-state index contributed by atoms with van der Waals surface area (Å²) >= 11 is 5.82. The largest absolute Gasteiger partial charge is 0.618 e. The summed E-state index contributed by atoms with van der Waals surface area (Å²) in [6.45, 7) is 0. The number of aromatic carboxylic acids is 1. The Labute approximate surface area is 209 Å². The second-order valence-electron chi connectivity index (χ2n) is 8.29. The van der Waals surface area contributed by atoms with Gasteiger partial charge in [-0.1, -0.05) is 41.9 Å². The fourth-order valence-electron chi connectivity index (χ4n) is 4.22. The number of aromatic nitrogens is 3. The van der Waals surface area contributed by atoms with Crippen LogP contribution < -0.4 is 4.73 Å². The Kier molecular flexibility index (Phi) is 6.12. The molecule has 2 aromatic heterocycles. The van der Waals surface area contributed by atoms with E-state index < -0.39 is 23.5 Å². The number of pyridine rings is 1. The second-order valence-corrected chi connectivity index (χ2v) is 8.70. The summed E-state index contributed by atoms with van der Waals surface area (Å²) in [6, 6.07) is 19.1. The van der Waals surface area contributed by atoms with E-state index in [1.807, 2.05) is 30.3 Å². The number of H-pyrrole nitrogens is 1. The molecule has 0 saturated carbocycles. The lowest BCUT2D eigenvalue weighted by molar-refractivity contribution is -0.614. The molecule has 0 aliphatic rings. The predicted molar refractivity (Wildman–Crippen MR) is 131 cm³/mol. The summed E-state index contributed by atoms with van der Waals surface area (Å²) in [5.74, 6) is -2.96. The van der Waals surface area contributed by atoms with E-state index in [0.29, 0.717) is 33.7 Å². The lowest BCUT2D eigenvalue weighted by atomic mass is 9.94. The highest BCUT2D eigenvalue weighted by Crippen LogP contribution is 2.32. The number of hydrogen-bond acceptors (Lipinski definition) is 3. The molecule has 0 unspecified atom stereocenters. The summed E-state index contributed by atoms with van der Waals surface area (Å²) in [4.78, 5) is 19.1. The molecule has 0 spiro atoms. The molecule has 0 saturated heterocycles. The van der Waals surface area contributed by atoms with Crippen molar-refractivity contribution in [1.82, 2.24) is 9.97 Å². The first-order chi connectivity index (χ1) is 17.3. The molecule has 0 aliphatic carbocycles. The van der Waals surface area contributed by atoms with E-state index in [4.69, 9.17) is 11.6 Å². The highest BCUT2D eigenvalue weighted by Gasteiger charge is 2.27. The van der Waals surface area contributed by atoms with Crippen LogP contribution in [0.2, 0.25) is 5.02 Å². The van der Waals surface area contributed by atoms with Crippen LogP contribution in [0.25, 0.3) is 22.2 Å². The van der Waals surface area contributed by atoms with Gasteiger partial charge in [0.2, 0.25) is 5.69 Å². The highest BCUT2D eigenvalue weighted by atomic mass is 35.5. The van der Waals surface area contributed by atoms with Gasteiger partial charge in [-0.25, -0.2) is 18.6 Å². The van der Waals surface area contributed by atoms with E-state index in [1.165, 1.54) is 24.3 Å². The van der Waals surface area contributed by atoms with Crippen LogP contribution in [0.5, 0.6) is 0 Å². The van der Waals surface area contributed by atoms with E-state index in [2.05, 4.69) is 9.97 Å². The average Bonchev–Trinajstić information content (AvgIpc) is 3.29. The molecule has 5 rings (SSSR count). The normalized spacial score (nSPS) is 12.1. The third-order valence-electron chi connectivity index (χ3n) is 5.99. The lowest BCUT2D eigenvalue weighted by Gasteiger charge is -2.16. The summed E-state index contributed by atoms with van der Waals surface area (Å²) in [6.07, 6.45) is 1.50. The number of rotatable bonds is 6. The Bertz CT molecular complexity index is 1610. The van der Waals surface area contributed by atoms with Gasteiger partial charge in [0.15, 0.2) is 12.0 Å². The molecule has 0 aliphatic heterocycles. The van der Waals surface area contributed by atoms with Crippen LogP contribution in [0.4, 0.5) is 8.78 Å². The van der Waals surface area contributed by atoms with Crippen molar-refractivity contribution >= 4 is 28.6 Å². The van der Waals surface area contributed by atoms with Gasteiger partial charge >= 0.3 is 5.97 Å².